The zero-order valence-corrected chi connectivity index (χ0v) is 17.0. The van der Waals surface area contributed by atoms with Crippen LogP contribution in [0.1, 0.15) is 12.0 Å². The topological polar surface area (TPSA) is 55.9 Å². The van der Waals surface area contributed by atoms with Gasteiger partial charge in [0.05, 0.1) is 6.04 Å². The minimum Gasteiger partial charge on any atom is -0.333 e. The molecule has 6 nitrogen and oxygen atoms in total. The second-order valence-corrected chi connectivity index (χ2v) is 8.02. The Bertz CT molecular complexity index is 851. The minimum atomic E-state index is -0.173. The molecule has 2 aromatic rings. The van der Waals surface area contributed by atoms with E-state index in [0.717, 1.165) is 25.3 Å². The second kappa shape index (κ2) is 8.84. The zero-order chi connectivity index (χ0) is 20.2. The van der Waals surface area contributed by atoms with E-state index in [1.54, 1.807) is 17.0 Å². The summed E-state index contributed by atoms with van der Waals surface area (Å²) < 4.78 is 0. The van der Waals surface area contributed by atoms with Gasteiger partial charge in [-0.2, -0.15) is 0 Å². The van der Waals surface area contributed by atoms with Crippen molar-refractivity contribution in [3.05, 3.63) is 65.2 Å². The number of hydrogen-bond acceptors (Lipinski definition) is 3. The van der Waals surface area contributed by atoms with Crippen molar-refractivity contribution in [2.45, 2.75) is 19.0 Å². The van der Waals surface area contributed by atoms with E-state index in [2.05, 4.69) is 34.5 Å². The molecule has 0 radical (unpaired) electrons. The molecule has 152 valence electrons. The lowest BCUT2D eigenvalue weighted by Gasteiger charge is -2.35. The summed E-state index contributed by atoms with van der Waals surface area (Å²) in [6.07, 6.45) is 0.322. The molecule has 4 rings (SSSR count). The van der Waals surface area contributed by atoms with Crippen molar-refractivity contribution in [1.82, 2.24) is 15.1 Å². The molecule has 2 aromatic carbocycles. The molecule has 0 aromatic heterocycles. The first-order valence-corrected chi connectivity index (χ1v) is 10.3. The first kappa shape index (κ1) is 19.7. The average Bonchev–Trinajstić information content (AvgIpc) is 3.10. The quantitative estimate of drug-likeness (QED) is 0.839. The van der Waals surface area contributed by atoms with Crippen LogP contribution in [0, 0.1) is 0 Å². The molecule has 3 amide bonds. The van der Waals surface area contributed by atoms with Gasteiger partial charge in [0.15, 0.2) is 0 Å². The Labute approximate surface area is 176 Å². The van der Waals surface area contributed by atoms with E-state index in [0.29, 0.717) is 31.1 Å². The van der Waals surface area contributed by atoms with Crippen LogP contribution in [-0.4, -0.2) is 60.5 Å². The molecule has 1 N–H and O–H groups in total. The van der Waals surface area contributed by atoms with Crippen LogP contribution in [-0.2, 0) is 11.3 Å². The van der Waals surface area contributed by atoms with Crippen molar-refractivity contribution < 1.29 is 9.59 Å². The van der Waals surface area contributed by atoms with Crippen LogP contribution in [0.4, 0.5) is 10.5 Å². The van der Waals surface area contributed by atoms with Gasteiger partial charge in [-0.1, -0.05) is 41.9 Å². The number of piperazine rings is 1. The molecular formula is C22H25ClN4O2. The monoisotopic (exact) mass is 412 g/mol. The maximum Gasteiger partial charge on any atom is 0.317 e. The minimum absolute atomic E-state index is 0.0188. The number of rotatable bonds is 4. The van der Waals surface area contributed by atoms with Crippen molar-refractivity contribution in [2.75, 3.05) is 37.6 Å². The van der Waals surface area contributed by atoms with Crippen molar-refractivity contribution in [3.63, 3.8) is 0 Å². The fourth-order valence-electron chi connectivity index (χ4n) is 3.89. The van der Waals surface area contributed by atoms with Crippen LogP contribution < -0.4 is 10.2 Å². The molecular weight excluding hydrogens is 388 g/mol. The number of urea groups is 1. The van der Waals surface area contributed by atoms with Gasteiger partial charge in [-0.25, -0.2) is 4.79 Å². The normalized spacial score (nSPS) is 20.2. The fourth-order valence-corrected chi connectivity index (χ4v) is 4.02. The van der Waals surface area contributed by atoms with Gasteiger partial charge >= 0.3 is 6.03 Å². The summed E-state index contributed by atoms with van der Waals surface area (Å²) in [7, 11) is 0. The first-order chi connectivity index (χ1) is 14.1. The number of carbonyl (C=O) groups excluding carboxylic acids is 2. The van der Waals surface area contributed by atoms with E-state index in [4.69, 9.17) is 11.6 Å². The Morgan fingerprint density at radius 3 is 2.38 bits per heavy atom. The highest BCUT2D eigenvalue weighted by atomic mass is 35.5. The maximum absolute atomic E-state index is 12.7. The number of amides is 3. The molecule has 2 fully saturated rings. The lowest BCUT2D eigenvalue weighted by Crippen LogP contribution is -2.53. The van der Waals surface area contributed by atoms with Gasteiger partial charge in [0, 0.05) is 56.4 Å². The number of benzene rings is 2. The predicted molar refractivity (Wildman–Crippen MR) is 114 cm³/mol. The van der Waals surface area contributed by atoms with Crippen LogP contribution in [0.3, 0.4) is 0 Å². The molecule has 2 saturated heterocycles. The third-order valence-corrected chi connectivity index (χ3v) is 5.75. The molecule has 2 aliphatic heterocycles. The summed E-state index contributed by atoms with van der Waals surface area (Å²) in [4.78, 5) is 30.9. The van der Waals surface area contributed by atoms with Gasteiger partial charge in [0.1, 0.15) is 0 Å². The Hall–Kier alpha value is -2.57. The standard InChI is InChI=1S/C22H25ClN4O2/c23-18-6-8-20(9-7-18)27-16-19(14-21(27)28)24-22(29)26-12-10-25(11-13-26)15-17-4-2-1-3-5-17/h1-9,19H,10-16H2,(H,24,29). The third kappa shape index (κ3) is 4.89. The van der Waals surface area contributed by atoms with Gasteiger partial charge < -0.3 is 15.1 Å². The van der Waals surface area contributed by atoms with Crippen molar-refractivity contribution in [1.29, 1.82) is 0 Å². The third-order valence-electron chi connectivity index (χ3n) is 5.50. The fraction of sp³-hybridized carbons (Fsp3) is 0.364. The van der Waals surface area contributed by atoms with Crippen LogP contribution in [0.5, 0.6) is 0 Å². The van der Waals surface area contributed by atoms with E-state index >= 15 is 0 Å². The molecule has 2 heterocycles. The van der Waals surface area contributed by atoms with E-state index in [-0.39, 0.29) is 18.0 Å². The predicted octanol–water partition coefficient (Wildman–Crippen LogP) is 2.97. The van der Waals surface area contributed by atoms with Gasteiger partial charge in [-0.3, -0.25) is 9.69 Å². The van der Waals surface area contributed by atoms with Gasteiger partial charge in [-0.15, -0.1) is 0 Å². The van der Waals surface area contributed by atoms with E-state index in [1.807, 2.05) is 23.1 Å². The van der Waals surface area contributed by atoms with Gasteiger partial charge in [-0.05, 0) is 29.8 Å². The van der Waals surface area contributed by atoms with Gasteiger partial charge in [0.25, 0.3) is 0 Å². The van der Waals surface area contributed by atoms with Crippen molar-refractivity contribution in [3.8, 4) is 0 Å². The highest BCUT2D eigenvalue weighted by molar-refractivity contribution is 6.30. The summed E-state index contributed by atoms with van der Waals surface area (Å²) >= 11 is 5.92. The number of halogens is 1. The highest BCUT2D eigenvalue weighted by Gasteiger charge is 2.33. The Balaban J connectivity index is 1.26. The summed E-state index contributed by atoms with van der Waals surface area (Å²) in [6.45, 7) is 4.48. The van der Waals surface area contributed by atoms with Crippen LogP contribution in [0.15, 0.2) is 54.6 Å². The summed E-state index contributed by atoms with van der Waals surface area (Å²) in [5, 5.41) is 3.67. The highest BCUT2D eigenvalue weighted by Crippen LogP contribution is 2.23. The van der Waals surface area contributed by atoms with Crippen LogP contribution in [0.25, 0.3) is 0 Å². The molecule has 0 saturated carbocycles. The number of carbonyl (C=O) groups is 2. The SMILES string of the molecule is O=C(NC1CC(=O)N(c2ccc(Cl)cc2)C1)N1CCN(Cc2ccccc2)CC1. The van der Waals surface area contributed by atoms with Crippen molar-refractivity contribution >= 4 is 29.2 Å². The number of anilines is 1. The van der Waals surface area contributed by atoms with E-state index in [1.165, 1.54) is 5.56 Å². The maximum atomic E-state index is 12.7. The molecule has 0 aliphatic carbocycles. The van der Waals surface area contributed by atoms with Crippen LogP contribution >= 0.6 is 11.6 Å². The van der Waals surface area contributed by atoms with Crippen LogP contribution in [0.2, 0.25) is 5.02 Å². The summed E-state index contributed by atoms with van der Waals surface area (Å²) in [5.41, 5.74) is 2.10. The Kier molecular flexibility index (Phi) is 6.02. The van der Waals surface area contributed by atoms with E-state index in [9.17, 15) is 9.59 Å². The van der Waals surface area contributed by atoms with E-state index < -0.39 is 0 Å². The molecule has 29 heavy (non-hydrogen) atoms. The molecule has 0 spiro atoms. The Morgan fingerprint density at radius 1 is 1.00 bits per heavy atom. The Morgan fingerprint density at radius 2 is 1.69 bits per heavy atom. The lowest BCUT2D eigenvalue weighted by atomic mass is 10.2. The molecule has 1 unspecified atom stereocenters. The summed E-state index contributed by atoms with van der Waals surface area (Å²) in [5.74, 6) is 0.0188. The molecule has 7 heteroatoms. The number of nitrogens with one attached hydrogen (secondary N) is 1. The molecule has 2 aliphatic rings. The molecule has 0 bridgehead atoms. The van der Waals surface area contributed by atoms with Gasteiger partial charge in [0.2, 0.25) is 5.91 Å². The zero-order valence-electron chi connectivity index (χ0n) is 16.3. The summed E-state index contributed by atoms with van der Waals surface area (Å²) in [6, 6.07) is 17.3. The lowest BCUT2D eigenvalue weighted by molar-refractivity contribution is -0.117. The number of hydrogen-bond donors (Lipinski definition) is 1. The largest absolute Gasteiger partial charge is 0.333 e. The van der Waals surface area contributed by atoms with Crippen molar-refractivity contribution in [2.24, 2.45) is 0 Å². The molecule has 1 atom stereocenters. The average molecular weight is 413 g/mol. The smallest absolute Gasteiger partial charge is 0.317 e. The second-order valence-electron chi connectivity index (χ2n) is 7.58. The first-order valence-electron chi connectivity index (χ1n) is 9.96. The number of nitrogens with zero attached hydrogens (tertiary/aromatic N) is 3.